The zero-order chi connectivity index (χ0) is 13.0. The Balaban J connectivity index is 1.82. The van der Waals surface area contributed by atoms with Gasteiger partial charge in [0.2, 0.25) is 5.91 Å². The van der Waals surface area contributed by atoms with Gasteiger partial charge in [-0.1, -0.05) is 32.0 Å². The van der Waals surface area contributed by atoms with Crippen LogP contribution >= 0.6 is 0 Å². The van der Waals surface area contributed by atoms with E-state index in [0.717, 1.165) is 18.2 Å². The van der Waals surface area contributed by atoms with Crippen molar-refractivity contribution >= 4 is 11.6 Å². The highest BCUT2D eigenvalue weighted by Crippen LogP contribution is 2.27. The lowest BCUT2D eigenvalue weighted by atomic mass is 10.0. The zero-order valence-electron chi connectivity index (χ0n) is 11.2. The fourth-order valence-corrected chi connectivity index (χ4v) is 1.98. The number of para-hydroxylation sites is 1. The van der Waals surface area contributed by atoms with Gasteiger partial charge in [0.05, 0.1) is 6.54 Å². The van der Waals surface area contributed by atoms with E-state index >= 15 is 0 Å². The first-order valence-electron chi connectivity index (χ1n) is 6.76. The van der Waals surface area contributed by atoms with Crippen molar-refractivity contribution in [2.45, 2.75) is 32.6 Å². The van der Waals surface area contributed by atoms with Crippen LogP contribution in [0.4, 0.5) is 5.69 Å². The van der Waals surface area contributed by atoms with Crippen molar-refractivity contribution in [3.8, 4) is 0 Å². The second kappa shape index (κ2) is 5.89. The minimum absolute atomic E-state index is 0.0838. The molecule has 0 aromatic heterocycles. The number of carbonyl (C=O) groups excluding carboxylic acids is 1. The molecule has 3 heteroatoms. The Morgan fingerprint density at radius 2 is 2.06 bits per heavy atom. The Morgan fingerprint density at radius 1 is 1.33 bits per heavy atom. The molecular weight excluding hydrogens is 224 g/mol. The predicted octanol–water partition coefficient (Wildman–Crippen LogP) is 2.75. The third-order valence-electron chi connectivity index (χ3n) is 3.31. The highest BCUT2D eigenvalue weighted by Gasteiger charge is 2.21. The van der Waals surface area contributed by atoms with E-state index in [1.165, 1.54) is 18.4 Å². The molecule has 98 valence electrons. The summed E-state index contributed by atoms with van der Waals surface area (Å²) in [6.45, 7) is 5.52. The number of nitrogens with one attached hydrogen (secondary N) is 2. The van der Waals surface area contributed by atoms with Crippen molar-refractivity contribution in [2.24, 2.45) is 5.92 Å². The topological polar surface area (TPSA) is 41.1 Å². The van der Waals surface area contributed by atoms with Crippen LogP contribution in [0.1, 0.15) is 38.2 Å². The number of hydrogen-bond donors (Lipinski definition) is 2. The summed E-state index contributed by atoms with van der Waals surface area (Å²) < 4.78 is 0. The van der Waals surface area contributed by atoms with Gasteiger partial charge in [0.1, 0.15) is 0 Å². The standard InChI is InChI=1S/C15H22N2O/c1-11(2)13-5-3-4-6-14(13)16-10-15(18)17-9-12-7-8-12/h3-6,11-12,16H,7-10H2,1-2H3,(H,17,18). The molecule has 1 aromatic rings. The van der Waals surface area contributed by atoms with Gasteiger partial charge in [-0.05, 0) is 36.3 Å². The summed E-state index contributed by atoms with van der Waals surface area (Å²) in [5.41, 5.74) is 2.32. The summed E-state index contributed by atoms with van der Waals surface area (Å²) >= 11 is 0. The lowest BCUT2D eigenvalue weighted by Gasteiger charge is -2.14. The van der Waals surface area contributed by atoms with Crippen molar-refractivity contribution in [3.63, 3.8) is 0 Å². The van der Waals surface area contributed by atoms with Crippen LogP contribution in [0.5, 0.6) is 0 Å². The SMILES string of the molecule is CC(C)c1ccccc1NCC(=O)NCC1CC1. The van der Waals surface area contributed by atoms with Crippen molar-refractivity contribution in [1.29, 1.82) is 0 Å². The molecule has 0 atom stereocenters. The molecule has 1 aliphatic rings. The van der Waals surface area contributed by atoms with Crippen LogP contribution in [0.15, 0.2) is 24.3 Å². The van der Waals surface area contributed by atoms with E-state index < -0.39 is 0 Å². The normalized spacial score (nSPS) is 14.6. The summed E-state index contributed by atoms with van der Waals surface area (Å²) in [5.74, 6) is 1.28. The largest absolute Gasteiger partial charge is 0.376 e. The van der Waals surface area contributed by atoms with E-state index in [4.69, 9.17) is 0 Å². The molecule has 2 N–H and O–H groups in total. The molecule has 2 rings (SSSR count). The van der Waals surface area contributed by atoms with Gasteiger partial charge < -0.3 is 10.6 Å². The fraction of sp³-hybridized carbons (Fsp3) is 0.533. The molecule has 0 radical (unpaired) electrons. The van der Waals surface area contributed by atoms with Crippen LogP contribution in [0.2, 0.25) is 0 Å². The number of carbonyl (C=O) groups is 1. The minimum atomic E-state index is 0.0838. The van der Waals surface area contributed by atoms with Crippen LogP contribution < -0.4 is 10.6 Å². The van der Waals surface area contributed by atoms with E-state index in [0.29, 0.717) is 12.5 Å². The summed E-state index contributed by atoms with van der Waals surface area (Å²) in [6, 6.07) is 8.17. The third-order valence-corrected chi connectivity index (χ3v) is 3.31. The Labute approximate surface area is 109 Å². The first kappa shape index (κ1) is 12.9. The first-order chi connectivity index (χ1) is 8.66. The molecule has 1 fully saturated rings. The Morgan fingerprint density at radius 3 is 2.72 bits per heavy atom. The van der Waals surface area contributed by atoms with Crippen molar-refractivity contribution in [3.05, 3.63) is 29.8 Å². The lowest BCUT2D eigenvalue weighted by Crippen LogP contribution is -2.31. The Kier molecular flexibility index (Phi) is 4.24. The molecule has 0 aliphatic heterocycles. The van der Waals surface area contributed by atoms with E-state index in [1.807, 2.05) is 18.2 Å². The van der Waals surface area contributed by atoms with Gasteiger partial charge in [0.15, 0.2) is 0 Å². The molecule has 1 amide bonds. The molecule has 1 aliphatic carbocycles. The van der Waals surface area contributed by atoms with Crippen LogP contribution in [0.25, 0.3) is 0 Å². The van der Waals surface area contributed by atoms with Gasteiger partial charge in [0, 0.05) is 12.2 Å². The number of anilines is 1. The van der Waals surface area contributed by atoms with E-state index in [-0.39, 0.29) is 5.91 Å². The molecule has 3 nitrogen and oxygen atoms in total. The van der Waals surface area contributed by atoms with Crippen LogP contribution in [-0.2, 0) is 4.79 Å². The summed E-state index contributed by atoms with van der Waals surface area (Å²) in [7, 11) is 0. The maximum atomic E-state index is 11.7. The number of hydrogen-bond acceptors (Lipinski definition) is 2. The second-order valence-electron chi connectivity index (χ2n) is 5.34. The van der Waals surface area contributed by atoms with E-state index in [1.54, 1.807) is 0 Å². The first-order valence-corrected chi connectivity index (χ1v) is 6.76. The Bertz CT molecular complexity index is 411. The second-order valence-corrected chi connectivity index (χ2v) is 5.34. The van der Waals surface area contributed by atoms with E-state index in [2.05, 4.69) is 30.5 Å². The predicted molar refractivity (Wildman–Crippen MR) is 74.8 cm³/mol. The average molecular weight is 246 g/mol. The lowest BCUT2D eigenvalue weighted by molar-refractivity contribution is -0.119. The number of amides is 1. The molecule has 0 heterocycles. The van der Waals surface area contributed by atoms with Crippen LogP contribution in [0.3, 0.4) is 0 Å². The maximum Gasteiger partial charge on any atom is 0.239 e. The average Bonchev–Trinajstić information content (AvgIpc) is 3.18. The van der Waals surface area contributed by atoms with Crippen molar-refractivity contribution < 1.29 is 4.79 Å². The van der Waals surface area contributed by atoms with Crippen molar-refractivity contribution in [2.75, 3.05) is 18.4 Å². The quantitative estimate of drug-likeness (QED) is 0.810. The van der Waals surface area contributed by atoms with Gasteiger partial charge in [-0.15, -0.1) is 0 Å². The Hall–Kier alpha value is -1.51. The van der Waals surface area contributed by atoms with Gasteiger partial charge >= 0.3 is 0 Å². The summed E-state index contributed by atoms with van der Waals surface area (Å²) in [4.78, 5) is 11.7. The molecule has 1 saturated carbocycles. The molecule has 0 bridgehead atoms. The molecule has 0 unspecified atom stereocenters. The zero-order valence-corrected chi connectivity index (χ0v) is 11.2. The van der Waals surface area contributed by atoms with Gasteiger partial charge in [-0.25, -0.2) is 0 Å². The maximum absolute atomic E-state index is 11.7. The van der Waals surface area contributed by atoms with Gasteiger partial charge in [-0.3, -0.25) is 4.79 Å². The number of rotatable bonds is 6. The minimum Gasteiger partial charge on any atom is -0.376 e. The molecule has 1 aromatic carbocycles. The summed E-state index contributed by atoms with van der Waals surface area (Å²) in [5, 5.41) is 6.19. The molecule has 18 heavy (non-hydrogen) atoms. The van der Waals surface area contributed by atoms with E-state index in [9.17, 15) is 4.79 Å². The molecular formula is C15H22N2O. The highest BCUT2D eigenvalue weighted by molar-refractivity contribution is 5.81. The summed E-state index contributed by atoms with van der Waals surface area (Å²) in [6.07, 6.45) is 2.54. The molecule has 0 saturated heterocycles. The molecule has 0 spiro atoms. The van der Waals surface area contributed by atoms with Crippen LogP contribution in [-0.4, -0.2) is 19.0 Å². The van der Waals surface area contributed by atoms with Crippen molar-refractivity contribution in [1.82, 2.24) is 5.32 Å². The highest BCUT2D eigenvalue weighted by atomic mass is 16.1. The fourth-order valence-electron chi connectivity index (χ4n) is 1.98. The van der Waals surface area contributed by atoms with Gasteiger partial charge in [-0.2, -0.15) is 0 Å². The monoisotopic (exact) mass is 246 g/mol. The smallest absolute Gasteiger partial charge is 0.239 e. The van der Waals surface area contributed by atoms with Gasteiger partial charge in [0.25, 0.3) is 0 Å². The number of benzene rings is 1. The third kappa shape index (κ3) is 3.76. The van der Waals surface area contributed by atoms with Crippen LogP contribution in [0, 0.1) is 5.92 Å².